The summed E-state index contributed by atoms with van der Waals surface area (Å²) in [5, 5.41) is 10.8. The molecule has 3 saturated carbocycles. The number of fused-ring (bicyclic) bond motifs is 6. The van der Waals surface area contributed by atoms with Crippen molar-refractivity contribution in [2.75, 3.05) is 6.61 Å². The number of aliphatic hydroxyl groups is 1. The van der Waals surface area contributed by atoms with Crippen LogP contribution in [0.1, 0.15) is 59.3 Å². The van der Waals surface area contributed by atoms with E-state index in [1.807, 2.05) is 6.08 Å². The average Bonchev–Trinajstić information content (AvgIpc) is 3.18. The van der Waals surface area contributed by atoms with Gasteiger partial charge in [-0.25, -0.2) is 0 Å². The van der Waals surface area contributed by atoms with Gasteiger partial charge in [-0.05, 0) is 67.9 Å². The molecule has 1 saturated heterocycles. The minimum atomic E-state index is -0.518. The number of esters is 1. The number of ketones is 1. The first-order chi connectivity index (χ1) is 14.7. The third-order valence-corrected chi connectivity index (χ3v) is 10.6. The fourth-order valence-electron chi connectivity index (χ4n) is 8.43. The number of hydrogen-bond acceptors (Lipinski definition) is 6. The molecule has 8 atom stereocenters. The standard InChI is InChI=1S/C25H32O5S/c1-14-12-25(9-6-20(29)30-25)23(3)7-5-18-21(22(14)23)19(31-15(2)27)11-16-10-17(28)4-8-24(16,18)13-26/h4,8,10,14,18-19,21-22,26H,5-7,9,11-13H2,1-3H3/t14?,18?,19?,21?,22?,23-,24+,25-/m0/s1. The lowest BCUT2D eigenvalue weighted by atomic mass is 9.46. The minimum Gasteiger partial charge on any atom is -0.458 e. The number of thioether (sulfide) groups is 1. The maximum absolute atomic E-state index is 12.3. The van der Waals surface area contributed by atoms with Gasteiger partial charge in [-0.1, -0.05) is 37.3 Å². The molecule has 0 bridgehead atoms. The second kappa shape index (κ2) is 7.05. The molecule has 0 amide bonds. The van der Waals surface area contributed by atoms with E-state index in [4.69, 9.17) is 4.74 Å². The lowest BCUT2D eigenvalue weighted by molar-refractivity contribution is -0.167. The van der Waals surface area contributed by atoms with E-state index in [0.717, 1.165) is 31.3 Å². The molecule has 5 unspecified atom stereocenters. The first-order valence-electron chi connectivity index (χ1n) is 11.6. The Kier molecular flexibility index (Phi) is 4.88. The SMILES string of the molecule is CC(=O)SC1CC2=CC(=O)C=C[C@]2(CO)C2CC[C@@]3(C)C(C(C)C[C@@]34CCC(=O)O4)C12. The van der Waals surface area contributed by atoms with Crippen molar-refractivity contribution in [2.45, 2.75) is 70.1 Å². The fraction of sp³-hybridized carbons (Fsp3) is 0.720. The number of hydrogen-bond donors (Lipinski definition) is 1. The molecule has 0 radical (unpaired) electrons. The molecule has 5 rings (SSSR count). The molecule has 0 aromatic rings. The van der Waals surface area contributed by atoms with Crippen molar-refractivity contribution >= 4 is 28.6 Å². The largest absolute Gasteiger partial charge is 0.458 e. The van der Waals surface area contributed by atoms with Crippen molar-refractivity contribution in [2.24, 2.45) is 34.5 Å². The summed E-state index contributed by atoms with van der Waals surface area (Å²) >= 11 is 1.40. The quantitative estimate of drug-likeness (QED) is 0.652. The van der Waals surface area contributed by atoms with Gasteiger partial charge in [0.1, 0.15) is 5.60 Å². The van der Waals surface area contributed by atoms with Crippen LogP contribution in [0, 0.1) is 34.5 Å². The van der Waals surface area contributed by atoms with Crippen LogP contribution in [0.5, 0.6) is 0 Å². The van der Waals surface area contributed by atoms with Crippen LogP contribution in [-0.4, -0.2) is 39.4 Å². The number of ether oxygens (including phenoxy) is 1. The van der Waals surface area contributed by atoms with E-state index in [2.05, 4.69) is 13.8 Å². The van der Waals surface area contributed by atoms with Gasteiger partial charge >= 0.3 is 5.97 Å². The third kappa shape index (κ3) is 2.83. The van der Waals surface area contributed by atoms with Crippen molar-refractivity contribution in [3.05, 3.63) is 23.8 Å². The van der Waals surface area contributed by atoms with Crippen LogP contribution >= 0.6 is 11.8 Å². The summed E-state index contributed by atoms with van der Waals surface area (Å²) in [6, 6.07) is 0. The zero-order valence-corrected chi connectivity index (χ0v) is 19.4. The highest BCUT2D eigenvalue weighted by Crippen LogP contribution is 2.71. The Bertz CT molecular complexity index is 908. The molecule has 5 aliphatic rings. The molecule has 5 nitrogen and oxygen atoms in total. The summed E-state index contributed by atoms with van der Waals surface area (Å²) in [6.45, 7) is 6.19. The molecule has 1 heterocycles. The Balaban J connectivity index is 1.62. The van der Waals surface area contributed by atoms with Crippen LogP contribution in [0.15, 0.2) is 23.8 Å². The normalized spacial score (nSPS) is 48.1. The van der Waals surface area contributed by atoms with E-state index in [1.165, 1.54) is 11.8 Å². The molecule has 0 aromatic carbocycles. The van der Waals surface area contributed by atoms with E-state index in [0.29, 0.717) is 24.7 Å². The van der Waals surface area contributed by atoms with Gasteiger partial charge in [0.2, 0.25) is 0 Å². The second-order valence-electron chi connectivity index (χ2n) is 10.8. The molecule has 1 spiro atoms. The molecular weight excluding hydrogens is 412 g/mol. The molecule has 168 valence electrons. The molecule has 4 fully saturated rings. The molecule has 4 aliphatic carbocycles. The minimum absolute atomic E-state index is 0.0147. The summed E-state index contributed by atoms with van der Waals surface area (Å²) in [4.78, 5) is 36.6. The van der Waals surface area contributed by atoms with Crippen LogP contribution in [0.3, 0.4) is 0 Å². The Morgan fingerprint density at radius 1 is 1.32 bits per heavy atom. The summed E-state index contributed by atoms with van der Waals surface area (Å²) < 4.78 is 6.09. The number of allylic oxidation sites excluding steroid dienone is 2. The van der Waals surface area contributed by atoms with Gasteiger partial charge in [0.25, 0.3) is 0 Å². The summed E-state index contributed by atoms with van der Waals surface area (Å²) in [6.07, 6.45) is 9.90. The second-order valence-corrected chi connectivity index (χ2v) is 12.2. The summed E-state index contributed by atoms with van der Waals surface area (Å²) in [7, 11) is 0. The van der Waals surface area contributed by atoms with E-state index >= 15 is 0 Å². The predicted octanol–water partition coefficient (Wildman–Crippen LogP) is 3.85. The molecule has 31 heavy (non-hydrogen) atoms. The maximum atomic E-state index is 12.3. The summed E-state index contributed by atoms with van der Waals surface area (Å²) in [5.41, 5.74) is -0.0543. The number of carbonyl (C=O) groups excluding carboxylic acids is 3. The van der Waals surface area contributed by atoms with Crippen molar-refractivity contribution < 1.29 is 24.2 Å². The molecule has 1 aliphatic heterocycles. The van der Waals surface area contributed by atoms with Gasteiger partial charge in [0.05, 0.1) is 6.61 Å². The van der Waals surface area contributed by atoms with E-state index in [-0.39, 0.29) is 46.0 Å². The van der Waals surface area contributed by atoms with Gasteiger partial charge in [-0.15, -0.1) is 0 Å². The van der Waals surface area contributed by atoms with Crippen LogP contribution in [0.25, 0.3) is 0 Å². The van der Waals surface area contributed by atoms with E-state index < -0.39 is 11.0 Å². The van der Waals surface area contributed by atoms with E-state index in [1.54, 1.807) is 19.1 Å². The Morgan fingerprint density at radius 3 is 2.74 bits per heavy atom. The zero-order chi connectivity index (χ0) is 22.2. The topological polar surface area (TPSA) is 80.7 Å². The van der Waals surface area contributed by atoms with Crippen LogP contribution in [-0.2, 0) is 19.1 Å². The van der Waals surface area contributed by atoms with Crippen molar-refractivity contribution in [3.8, 4) is 0 Å². The van der Waals surface area contributed by atoms with Gasteiger partial charge in [-0.3, -0.25) is 14.4 Å². The third-order valence-electron chi connectivity index (χ3n) is 9.49. The van der Waals surface area contributed by atoms with Gasteiger partial charge < -0.3 is 9.84 Å². The van der Waals surface area contributed by atoms with Crippen LogP contribution < -0.4 is 0 Å². The van der Waals surface area contributed by atoms with Crippen LogP contribution in [0.4, 0.5) is 0 Å². The number of aliphatic hydroxyl groups excluding tert-OH is 1. The highest BCUT2D eigenvalue weighted by atomic mass is 32.2. The molecule has 6 heteroatoms. The van der Waals surface area contributed by atoms with Crippen molar-refractivity contribution in [3.63, 3.8) is 0 Å². The lowest BCUT2D eigenvalue weighted by Gasteiger charge is -2.61. The zero-order valence-electron chi connectivity index (χ0n) is 18.6. The highest BCUT2D eigenvalue weighted by molar-refractivity contribution is 8.14. The van der Waals surface area contributed by atoms with Crippen LogP contribution in [0.2, 0.25) is 0 Å². The van der Waals surface area contributed by atoms with Gasteiger partial charge in [0.15, 0.2) is 10.9 Å². The monoisotopic (exact) mass is 444 g/mol. The number of rotatable bonds is 2. The van der Waals surface area contributed by atoms with Gasteiger partial charge in [0, 0.05) is 29.4 Å². The van der Waals surface area contributed by atoms with E-state index in [9.17, 15) is 19.5 Å². The summed E-state index contributed by atoms with van der Waals surface area (Å²) in [5.74, 6) is 0.963. The number of carbonyl (C=O) groups is 3. The first kappa shape index (κ1) is 21.4. The molecule has 1 N–H and O–H groups in total. The van der Waals surface area contributed by atoms with Gasteiger partial charge in [-0.2, -0.15) is 0 Å². The predicted molar refractivity (Wildman–Crippen MR) is 118 cm³/mol. The lowest BCUT2D eigenvalue weighted by Crippen LogP contribution is -2.59. The smallest absolute Gasteiger partial charge is 0.306 e. The first-order valence-corrected chi connectivity index (χ1v) is 12.5. The molecular formula is C25H32O5S. The Labute approximate surface area is 188 Å². The maximum Gasteiger partial charge on any atom is 0.306 e. The van der Waals surface area contributed by atoms with Crippen molar-refractivity contribution in [1.29, 1.82) is 0 Å². The molecule has 0 aromatic heterocycles. The van der Waals surface area contributed by atoms with Crippen molar-refractivity contribution in [1.82, 2.24) is 0 Å². The fourth-order valence-corrected chi connectivity index (χ4v) is 9.64. The Hall–Kier alpha value is -1.40. The Morgan fingerprint density at radius 2 is 2.10 bits per heavy atom. The average molecular weight is 445 g/mol. The highest BCUT2D eigenvalue weighted by Gasteiger charge is 2.70.